The molecule has 1 aliphatic carbocycles. The van der Waals surface area contributed by atoms with E-state index in [1.54, 1.807) is 0 Å². The fourth-order valence-electron chi connectivity index (χ4n) is 2.80. The third-order valence-corrected chi connectivity index (χ3v) is 5.53. The fraction of sp³-hybridized carbons (Fsp3) is 1.00. The van der Waals surface area contributed by atoms with Gasteiger partial charge in [-0.15, -0.1) is 0 Å². The Balaban J connectivity index is 2.50. The molecule has 0 saturated heterocycles. The predicted octanol–water partition coefficient (Wildman–Crippen LogP) is 1.98. The van der Waals surface area contributed by atoms with Gasteiger partial charge in [0.2, 0.25) is 0 Å². The average Bonchev–Trinajstić information content (AvgIpc) is 2.65. The van der Waals surface area contributed by atoms with Crippen LogP contribution in [0, 0.1) is 5.41 Å². The second-order valence-corrected chi connectivity index (χ2v) is 7.44. The van der Waals surface area contributed by atoms with Gasteiger partial charge in [0.15, 0.2) is 0 Å². The summed E-state index contributed by atoms with van der Waals surface area (Å²) in [5.74, 6) is 0.727. The topological polar surface area (TPSA) is 46.2 Å². The van der Waals surface area contributed by atoms with E-state index in [0.717, 1.165) is 19.4 Å². The lowest BCUT2D eigenvalue weighted by Gasteiger charge is -2.28. The zero-order valence-electron chi connectivity index (χ0n) is 10.6. The molecule has 3 nitrogen and oxygen atoms in total. The standard InChI is InChI=1S/C12H25NO2S/c1-3-9-16(14,15)10-8-12(11-13-2)6-4-5-7-12/h13H,3-11H2,1-2H3. The SMILES string of the molecule is CCCS(=O)(=O)CCC1(CNC)CCCC1. The summed E-state index contributed by atoms with van der Waals surface area (Å²) < 4.78 is 23.4. The molecule has 0 aliphatic heterocycles. The van der Waals surface area contributed by atoms with Crippen molar-refractivity contribution >= 4 is 9.84 Å². The van der Waals surface area contributed by atoms with Crippen molar-refractivity contribution in [1.29, 1.82) is 0 Å². The molecule has 1 N–H and O–H groups in total. The van der Waals surface area contributed by atoms with Crippen LogP contribution in [-0.2, 0) is 9.84 Å². The largest absolute Gasteiger partial charge is 0.319 e. The van der Waals surface area contributed by atoms with Crippen LogP contribution in [0.2, 0.25) is 0 Å². The van der Waals surface area contributed by atoms with Crippen LogP contribution in [0.3, 0.4) is 0 Å². The quantitative estimate of drug-likeness (QED) is 0.748. The molecule has 0 unspecified atom stereocenters. The van der Waals surface area contributed by atoms with E-state index in [0.29, 0.717) is 11.5 Å². The molecule has 0 aromatic carbocycles. The van der Waals surface area contributed by atoms with Gasteiger partial charge in [-0.25, -0.2) is 8.42 Å². The number of hydrogen-bond acceptors (Lipinski definition) is 3. The molecule has 0 heterocycles. The molecule has 1 saturated carbocycles. The van der Waals surface area contributed by atoms with Crippen LogP contribution in [0.25, 0.3) is 0 Å². The minimum atomic E-state index is -2.80. The zero-order valence-corrected chi connectivity index (χ0v) is 11.4. The first-order chi connectivity index (χ1) is 7.54. The van der Waals surface area contributed by atoms with Crippen LogP contribution in [-0.4, -0.2) is 33.5 Å². The van der Waals surface area contributed by atoms with E-state index < -0.39 is 9.84 Å². The summed E-state index contributed by atoms with van der Waals surface area (Å²) in [5.41, 5.74) is 0.259. The van der Waals surface area contributed by atoms with E-state index in [1.807, 2.05) is 14.0 Å². The Hall–Kier alpha value is -0.0900. The Kier molecular flexibility index (Phi) is 5.25. The van der Waals surface area contributed by atoms with Crippen molar-refractivity contribution < 1.29 is 8.42 Å². The Morgan fingerprint density at radius 3 is 2.31 bits per heavy atom. The first-order valence-corrected chi connectivity index (χ1v) is 8.21. The lowest BCUT2D eigenvalue weighted by molar-refractivity contribution is 0.277. The lowest BCUT2D eigenvalue weighted by atomic mass is 9.83. The summed E-state index contributed by atoms with van der Waals surface area (Å²) in [7, 11) is -0.844. The highest BCUT2D eigenvalue weighted by Crippen LogP contribution is 2.40. The maximum absolute atomic E-state index is 11.7. The first-order valence-electron chi connectivity index (χ1n) is 6.39. The molecule has 1 fully saturated rings. The molecule has 0 radical (unpaired) electrons. The molecule has 1 aliphatic rings. The molecule has 0 atom stereocenters. The van der Waals surface area contributed by atoms with E-state index in [9.17, 15) is 8.42 Å². The van der Waals surface area contributed by atoms with Crippen molar-refractivity contribution in [2.24, 2.45) is 5.41 Å². The highest BCUT2D eigenvalue weighted by atomic mass is 32.2. The monoisotopic (exact) mass is 247 g/mol. The predicted molar refractivity (Wildman–Crippen MR) is 68.4 cm³/mol. The maximum atomic E-state index is 11.7. The van der Waals surface area contributed by atoms with E-state index in [-0.39, 0.29) is 5.41 Å². The summed E-state index contributed by atoms with van der Waals surface area (Å²) in [4.78, 5) is 0. The molecule has 96 valence electrons. The molecule has 0 aromatic heterocycles. The van der Waals surface area contributed by atoms with E-state index in [4.69, 9.17) is 0 Å². The Morgan fingerprint density at radius 1 is 1.19 bits per heavy atom. The lowest BCUT2D eigenvalue weighted by Crippen LogP contribution is -2.32. The highest BCUT2D eigenvalue weighted by Gasteiger charge is 2.33. The second-order valence-electron chi connectivity index (χ2n) is 5.14. The van der Waals surface area contributed by atoms with Gasteiger partial charge in [-0.2, -0.15) is 0 Å². The Bertz CT molecular complexity index is 292. The number of hydrogen-bond donors (Lipinski definition) is 1. The summed E-state index contributed by atoms with van der Waals surface area (Å²) >= 11 is 0. The van der Waals surface area contributed by atoms with Gasteiger partial charge in [0, 0.05) is 12.3 Å². The van der Waals surface area contributed by atoms with Gasteiger partial charge in [0.1, 0.15) is 9.84 Å². The van der Waals surface area contributed by atoms with Crippen LogP contribution >= 0.6 is 0 Å². The number of rotatable bonds is 7. The molecule has 0 aromatic rings. The molecular formula is C12H25NO2S. The number of sulfone groups is 1. The summed E-state index contributed by atoms with van der Waals surface area (Å²) in [6.45, 7) is 2.89. The van der Waals surface area contributed by atoms with Gasteiger partial charge in [0.05, 0.1) is 5.75 Å². The minimum absolute atomic E-state index is 0.259. The normalized spacial score (nSPS) is 20.1. The van der Waals surface area contributed by atoms with Crippen LogP contribution < -0.4 is 5.32 Å². The van der Waals surface area contributed by atoms with Gasteiger partial charge in [0.25, 0.3) is 0 Å². The van der Waals surface area contributed by atoms with Gasteiger partial charge in [-0.1, -0.05) is 19.8 Å². The molecular weight excluding hydrogens is 222 g/mol. The zero-order chi connectivity index (χ0) is 12.1. The van der Waals surface area contributed by atoms with Crippen LogP contribution in [0.4, 0.5) is 0 Å². The van der Waals surface area contributed by atoms with Gasteiger partial charge in [-0.3, -0.25) is 0 Å². The van der Waals surface area contributed by atoms with Crippen molar-refractivity contribution in [3.8, 4) is 0 Å². The Labute approximate surface area is 99.9 Å². The molecule has 1 rings (SSSR count). The van der Waals surface area contributed by atoms with Crippen LogP contribution in [0.15, 0.2) is 0 Å². The molecule has 0 spiro atoms. The molecule has 4 heteroatoms. The van der Waals surface area contributed by atoms with Gasteiger partial charge >= 0.3 is 0 Å². The minimum Gasteiger partial charge on any atom is -0.319 e. The summed E-state index contributed by atoms with van der Waals surface area (Å²) in [5, 5.41) is 3.22. The van der Waals surface area contributed by atoms with Gasteiger partial charge < -0.3 is 5.32 Å². The number of nitrogens with one attached hydrogen (secondary N) is 1. The van der Waals surface area contributed by atoms with Crippen molar-refractivity contribution in [3.05, 3.63) is 0 Å². The van der Waals surface area contributed by atoms with E-state index >= 15 is 0 Å². The molecule has 0 bridgehead atoms. The average molecular weight is 247 g/mol. The fourth-order valence-corrected chi connectivity index (χ4v) is 4.37. The van der Waals surface area contributed by atoms with Crippen molar-refractivity contribution in [2.75, 3.05) is 25.1 Å². The summed E-state index contributed by atoms with van der Waals surface area (Å²) in [6.07, 6.45) is 6.48. The van der Waals surface area contributed by atoms with Gasteiger partial charge in [-0.05, 0) is 38.1 Å². The van der Waals surface area contributed by atoms with Crippen LogP contribution in [0.5, 0.6) is 0 Å². The van der Waals surface area contributed by atoms with Crippen molar-refractivity contribution in [2.45, 2.75) is 45.4 Å². The van der Waals surface area contributed by atoms with Crippen molar-refractivity contribution in [3.63, 3.8) is 0 Å². The Morgan fingerprint density at radius 2 is 1.81 bits per heavy atom. The van der Waals surface area contributed by atoms with E-state index in [1.165, 1.54) is 25.7 Å². The molecule has 0 amide bonds. The molecule has 16 heavy (non-hydrogen) atoms. The maximum Gasteiger partial charge on any atom is 0.150 e. The third-order valence-electron chi connectivity index (χ3n) is 3.67. The smallest absolute Gasteiger partial charge is 0.150 e. The van der Waals surface area contributed by atoms with Crippen LogP contribution in [0.1, 0.15) is 45.4 Å². The second kappa shape index (κ2) is 6.01. The summed E-state index contributed by atoms with van der Waals surface area (Å²) in [6, 6.07) is 0. The van der Waals surface area contributed by atoms with Crippen molar-refractivity contribution in [1.82, 2.24) is 5.32 Å². The highest BCUT2D eigenvalue weighted by molar-refractivity contribution is 7.91. The third kappa shape index (κ3) is 4.06. The van der Waals surface area contributed by atoms with E-state index in [2.05, 4.69) is 5.32 Å². The first kappa shape index (κ1) is 14.0.